The van der Waals surface area contributed by atoms with Crippen molar-refractivity contribution >= 4 is 48.3 Å². The molecule has 1 aliphatic heterocycles. The number of hydrogen-bond acceptors (Lipinski definition) is 8. The van der Waals surface area contributed by atoms with E-state index in [1.54, 1.807) is 0 Å². The Hall–Kier alpha value is -2.87. The van der Waals surface area contributed by atoms with Crippen molar-refractivity contribution in [1.29, 1.82) is 0 Å². The van der Waals surface area contributed by atoms with Crippen LogP contribution in [0.3, 0.4) is 0 Å². The Morgan fingerprint density at radius 3 is 2.00 bits per heavy atom. The zero-order chi connectivity index (χ0) is 23.0. The van der Waals surface area contributed by atoms with E-state index in [0.29, 0.717) is 6.42 Å². The second-order valence-electron chi connectivity index (χ2n) is 6.64. The lowest BCUT2D eigenvalue weighted by Crippen LogP contribution is -2.58. The van der Waals surface area contributed by atoms with Crippen LogP contribution in [0.4, 0.5) is 0 Å². The molecule has 13 nitrogen and oxygen atoms in total. The van der Waals surface area contributed by atoms with E-state index in [4.69, 9.17) is 15.9 Å². The minimum atomic E-state index is -1.65. The number of amides is 3. The Bertz CT molecular complexity index is 717. The van der Waals surface area contributed by atoms with Gasteiger partial charge in [0.25, 0.3) is 0 Å². The second kappa shape index (κ2) is 11.3. The minimum absolute atomic E-state index is 0.0634. The Morgan fingerprint density at radius 1 is 0.967 bits per heavy atom. The molecular formula is C16H24N4O9S. The molecule has 1 fully saturated rings. The molecule has 1 rings (SSSR count). The number of rotatable bonds is 11. The third kappa shape index (κ3) is 7.18. The summed E-state index contributed by atoms with van der Waals surface area (Å²) in [5.41, 5.74) is 5.48. The molecule has 4 atom stereocenters. The van der Waals surface area contributed by atoms with E-state index < -0.39 is 72.6 Å². The number of nitrogens with zero attached hydrogens (tertiary/aromatic N) is 1. The molecule has 0 aromatic heterocycles. The fourth-order valence-corrected chi connectivity index (χ4v) is 3.05. The number of carboxylic acid groups (broad SMARTS) is 3. The highest BCUT2D eigenvalue weighted by Gasteiger charge is 2.39. The van der Waals surface area contributed by atoms with Crippen molar-refractivity contribution in [3.05, 3.63) is 0 Å². The van der Waals surface area contributed by atoms with Crippen LogP contribution in [-0.4, -0.2) is 92.3 Å². The van der Waals surface area contributed by atoms with Gasteiger partial charge in [0.2, 0.25) is 17.7 Å². The van der Waals surface area contributed by atoms with Gasteiger partial charge in [-0.05, 0) is 12.8 Å². The van der Waals surface area contributed by atoms with Gasteiger partial charge in [0, 0.05) is 12.3 Å². The summed E-state index contributed by atoms with van der Waals surface area (Å²) in [6.07, 6.45) is -1.16. The van der Waals surface area contributed by atoms with E-state index in [-0.39, 0.29) is 18.7 Å². The Balaban J connectivity index is 3.01. The van der Waals surface area contributed by atoms with Gasteiger partial charge in [-0.1, -0.05) is 0 Å². The third-order valence-electron chi connectivity index (χ3n) is 4.36. The summed E-state index contributed by atoms with van der Waals surface area (Å²) in [5, 5.41) is 31.5. The summed E-state index contributed by atoms with van der Waals surface area (Å²) in [5.74, 6) is -7.15. The van der Waals surface area contributed by atoms with Crippen LogP contribution in [0.5, 0.6) is 0 Å². The van der Waals surface area contributed by atoms with Crippen molar-refractivity contribution in [2.45, 2.75) is 49.9 Å². The molecule has 7 N–H and O–H groups in total. The van der Waals surface area contributed by atoms with Gasteiger partial charge in [-0.2, -0.15) is 12.6 Å². The maximum absolute atomic E-state index is 12.7. The van der Waals surface area contributed by atoms with Crippen molar-refractivity contribution < 1.29 is 44.1 Å². The van der Waals surface area contributed by atoms with Crippen LogP contribution in [0.1, 0.15) is 25.7 Å². The van der Waals surface area contributed by atoms with Gasteiger partial charge in [-0.25, -0.2) is 4.79 Å². The highest BCUT2D eigenvalue weighted by atomic mass is 32.1. The summed E-state index contributed by atoms with van der Waals surface area (Å²) in [6, 6.07) is -5.58. The average molecular weight is 448 g/mol. The van der Waals surface area contributed by atoms with Crippen LogP contribution in [0, 0.1) is 0 Å². The average Bonchev–Trinajstić information content (AvgIpc) is 3.14. The largest absolute Gasteiger partial charge is 0.481 e. The van der Waals surface area contributed by atoms with Gasteiger partial charge in [0.15, 0.2) is 0 Å². The highest BCUT2D eigenvalue weighted by Crippen LogP contribution is 2.19. The number of nitrogens with one attached hydrogen (secondary N) is 2. The predicted octanol–water partition coefficient (Wildman–Crippen LogP) is -2.76. The fraction of sp³-hybridized carbons (Fsp3) is 0.625. The molecule has 30 heavy (non-hydrogen) atoms. The number of carbonyl (C=O) groups excluding carboxylic acids is 3. The monoisotopic (exact) mass is 448 g/mol. The van der Waals surface area contributed by atoms with Crippen LogP contribution in [0.15, 0.2) is 0 Å². The predicted molar refractivity (Wildman–Crippen MR) is 103 cm³/mol. The molecule has 0 radical (unpaired) electrons. The van der Waals surface area contributed by atoms with Crippen molar-refractivity contribution in [3.8, 4) is 0 Å². The number of thiol groups is 1. The van der Waals surface area contributed by atoms with Crippen molar-refractivity contribution in [1.82, 2.24) is 15.5 Å². The van der Waals surface area contributed by atoms with E-state index in [9.17, 15) is 33.9 Å². The van der Waals surface area contributed by atoms with E-state index in [1.165, 1.54) is 0 Å². The molecule has 14 heteroatoms. The third-order valence-corrected chi connectivity index (χ3v) is 4.75. The standard InChI is InChI=1S/C16H24N4O9S/c17-7(6-30)13(25)18-8(4-11(21)22)14(26)19-9(5-12(23)24)15(27)20-3-1-2-10(20)16(28)29/h7-10,30H,1-6,17H2,(H,18,25)(H,19,26)(H,21,22)(H,23,24)(H,28,29). The first kappa shape index (κ1) is 25.2. The maximum Gasteiger partial charge on any atom is 0.326 e. The molecule has 0 spiro atoms. The summed E-state index contributed by atoms with van der Waals surface area (Å²) in [6.45, 7) is 0.0634. The minimum Gasteiger partial charge on any atom is -0.481 e. The first-order valence-corrected chi connectivity index (χ1v) is 9.55. The number of aliphatic carboxylic acids is 3. The Labute approximate surface area is 176 Å². The number of hydrogen-bond donors (Lipinski definition) is 7. The van der Waals surface area contributed by atoms with Crippen LogP contribution >= 0.6 is 12.6 Å². The lowest BCUT2D eigenvalue weighted by Gasteiger charge is -2.28. The van der Waals surface area contributed by atoms with E-state index in [0.717, 1.165) is 4.90 Å². The van der Waals surface area contributed by atoms with Gasteiger partial charge in [-0.15, -0.1) is 0 Å². The first-order valence-electron chi connectivity index (χ1n) is 8.92. The number of carboxylic acids is 3. The smallest absolute Gasteiger partial charge is 0.326 e. The normalized spacial score (nSPS) is 18.7. The van der Waals surface area contributed by atoms with Gasteiger partial charge >= 0.3 is 17.9 Å². The highest BCUT2D eigenvalue weighted by molar-refractivity contribution is 7.80. The SMILES string of the molecule is NC(CS)C(=O)NC(CC(=O)O)C(=O)NC(CC(=O)O)C(=O)N1CCCC1C(=O)O. The fourth-order valence-electron chi connectivity index (χ4n) is 2.88. The summed E-state index contributed by atoms with van der Waals surface area (Å²) in [4.78, 5) is 71.6. The number of likely N-dealkylation sites (tertiary alicyclic amines) is 1. The molecule has 0 aromatic carbocycles. The molecule has 3 amide bonds. The molecule has 1 heterocycles. The molecule has 1 aliphatic rings. The first-order chi connectivity index (χ1) is 14.0. The van der Waals surface area contributed by atoms with Crippen LogP contribution in [0.25, 0.3) is 0 Å². The van der Waals surface area contributed by atoms with Gasteiger partial charge in [0.05, 0.1) is 18.9 Å². The van der Waals surface area contributed by atoms with Crippen LogP contribution in [0.2, 0.25) is 0 Å². The quantitative estimate of drug-likeness (QED) is 0.161. The second-order valence-corrected chi connectivity index (χ2v) is 7.00. The van der Waals surface area contributed by atoms with Crippen molar-refractivity contribution in [2.75, 3.05) is 12.3 Å². The van der Waals surface area contributed by atoms with E-state index in [1.807, 2.05) is 0 Å². The molecule has 168 valence electrons. The van der Waals surface area contributed by atoms with Gasteiger partial charge < -0.3 is 36.6 Å². The number of nitrogens with two attached hydrogens (primary N) is 1. The Morgan fingerprint density at radius 2 is 1.50 bits per heavy atom. The molecule has 0 aromatic rings. The van der Waals surface area contributed by atoms with Gasteiger partial charge in [0.1, 0.15) is 18.1 Å². The lowest BCUT2D eigenvalue weighted by molar-refractivity contribution is -0.151. The zero-order valence-electron chi connectivity index (χ0n) is 15.8. The maximum atomic E-state index is 12.7. The molecular weight excluding hydrogens is 424 g/mol. The topological polar surface area (TPSA) is 216 Å². The van der Waals surface area contributed by atoms with E-state index in [2.05, 4.69) is 23.3 Å². The van der Waals surface area contributed by atoms with Crippen molar-refractivity contribution in [3.63, 3.8) is 0 Å². The zero-order valence-corrected chi connectivity index (χ0v) is 16.7. The summed E-state index contributed by atoms with van der Waals surface area (Å²) >= 11 is 3.83. The molecule has 1 saturated heterocycles. The summed E-state index contributed by atoms with van der Waals surface area (Å²) < 4.78 is 0. The van der Waals surface area contributed by atoms with Crippen molar-refractivity contribution in [2.24, 2.45) is 5.73 Å². The summed E-state index contributed by atoms with van der Waals surface area (Å²) in [7, 11) is 0. The molecule has 0 aliphatic carbocycles. The van der Waals surface area contributed by atoms with Crippen LogP contribution in [-0.2, 0) is 28.8 Å². The number of carbonyl (C=O) groups is 6. The molecule has 0 saturated carbocycles. The lowest BCUT2D eigenvalue weighted by atomic mass is 10.1. The van der Waals surface area contributed by atoms with Crippen LogP contribution < -0.4 is 16.4 Å². The molecule has 0 bridgehead atoms. The van der Waals surface area contributed by atoms with E-state index >= 15 is 0 Å². The van der Waals surface area contributed by atoms with Gasteiger partial charge in [-0.3, -0.25) is 24.0 Å². The Kier molecular flexibility index (Phi) is 9.52. The molecule has 4 unspecified atom stereocenters.